The van der Waals surface area contributed by atoms with Crippen molar-refractivity contribution >= 4 is 29.1 Å². The van der Waals surface area contributed by atoms with E-state index in [1.165, 1.54) is 4.90 Å². The van der Waals surface area contributed by atoms with Gasteiger partial charge < -0.3 is 10.2 Å². The Labute approximate surface area is 194 Å². The fourth-order valence-corrected chi connectivity index (χ4v) is 5.90. The lowest BCUT2D eigenvalue weighted by Crippen LogP contribution is -2.54. The molecule has 1 saturated heterocycles. The molecule has 3 amide bonds. The lowest BCUT2D eigenvalue weighted by Gasteiger charge is -2.41. The number of hydrogen-bond acceptors (Lipinski definition) is 4. The number of nitrogens with zero attached hydrogens (tertiary/aromatic N) is 2. The van der Waals surface area contributed by atoms with Gasteiger partial charge in [-0.25, -0.2) is 0 Å². The van der Waals surface area contributed by atoms with Crippen molar-refractivity contribution < 1.29 is 14.4 Å². The first kappa shape index (κ1) is 21.7. The molecule has 1 aliphatic carbocycles. The van der Waals surface area contributed by atoms with Crippen molar-refractivity contribution in [3.63, 3.8) is 0 Å². The summed E-state index contributed by atoms with van der Waals surface area (Å²) in [5, 5.41) is 3.60. The quantitative estimate of drug-likeness (QED) is 0.702. The SMILES string of the molecule is C[C@H](C(=O)N1c2ccccc2[C@H](Nc2ccccc2)C[C@@H]1C)N1C(=O)[C@H]2CCCC[C@H]2C1=O. The third kappa shape index (κ3) is 3.71. The molecule has 6 nitrogen and oxygen atoms in total. The van der Waals surface area contributed by atoms with Crippen LogP contribution in [0.1, 0.15) is 57.6 Å². The van der Waals surface area contributed by atoms with Crippen LogP contribution in [-0.4, -0.2) is 34.7 Å². The molecule has 33 heavy (non-hydrogen) atoms. The highest BCUT2D eigenvalue weighted by molar-refractivity contribution is 6.10. The summed E-state index contributed by atoms with van der Waals surface area (Å²) in [4.78, 5) is 43.0. The molecule has 5 rings (SSSR count). The molecule has 2 aromatic rings. The van der Waals surface area contributed by atoms with Crippen LogP contribution in [0.4, 0.5) is 11.4 Å². The molecule has 1 saturated carbocycles. The Morgan fingerprint density at radius 2 is 1.55 bits per heavy atom. The topological polar surface area (TPSA) is 69.7 Å². The van der Waals surface area contributed by atoms with Crippen molar-refractivity contribution in [1.82, 2.24) is 4.90 Å². The minimum atomic E-state index is -0.801. The number of para-hydroxylation sites is 2. The largest absolute Gasteiger partial charge is 0.378 e. The molecule has 0 unspecified atom stereocenters. The molecule has 2 aromatic carbocycles. The van der Waals surface area contributed by atoms with Crippen molar-refractivity contribution in [2.24, 2.45) is 11.8 Å². The first-order valence-corrected chi connectivity index (χ1v) is 12.1. The summed E-state index contributed by atoms with van der Waals surface area (Å²) >= 11 is 0. The Balaban J connectivity index is 1.42. The molecule has 6 heteroatoms. The molecule has 2 heterocycles. The number of carbonyl (C=O) groups is 3. The maximum Gasteiger partial charge on any atom is 0.250 e. The van der Waals surface area contributed by atoms with Gasteiger partial charge in [-0.3, -0.25) is 19.3 Å². The van der Waals surface area contributed by atoms with E-state index in [0.29, 0.717) is 0 Å². The van der Waals surface area contributed by atoms with E-state index in [2.05, 4.69) is 5.32 Å². The standard InChI is InChI=1S/C27H31N3O3/c1-17-16-23(28-19-10-4-3-5-11-19)22-14-8-9-15-24(22)29(17)25(31)18(2)30-26(32)20-12-6-7-13-21(20)27(30)33/h3-5,8-11,14-15,17-18,20-21,23,28H,6-7,12-13,16H2,1-2H3/t17-,18+,20-,21+,23+/m0/s1. The van der Waals surface area contributed by atoms with E-state index >= 15 is 0 Å². The second-order valence-corrected chi connectivity index (χ2v) is 9.63. The number of rotatable bonds is 4. The molecule has 3 aliphatic rings. The van der Waals surface area contributed by atoms with Crippen LogP contribution >= 0.6 is 0 Å². The normalized spacial score (nSPS) is 27.7. The van der Waals surface area contributed by atoms with Gasteiger partial charge in [0.15, 0.2) is 0 Å². The zero-order chi connectivity index (χ0) is 23.1. The monoisotopic (exact) mass is 445 g/mol. The molecular formula is C27H31N3O3. The first-order valence-electron chi connectivity index (χ1n) is 12.1. The van der Waals surface area contributed by atoms with Crippen LogP contribution in [0.2, 0.25) is 0 Å². The van der Waals surface area contributed by atoms with Crippen LogP contribution in [0.5, 0.6) is 0 Å². The van der Waals surface area contributed by atoms with Gasteiger partial charge in [-0.1, -0.05) is 49.2 Å². The predicted molar refractivity (Wildman–Crippen MR) is 128 cm³/mol. The van der Waals surface area contributed by atoms with Gasteiger partial charge in [0.25, 0.3) is 0 Å². The van der Waals surface area contributed by atoms with Gasteiger partial charge in [0.2, 0.25) is 17.7 Å². The summed E-state index contributed by atoms with van der Waals surface area (Å²) in [6.45, 7) is 3.74. The molecule has 0 radical (unpaired) electrons. The van der Waals surface area contributed by atoms with Crippen LogP contribution in [0.15, 0.2) is 54.6 Å². The zero-order valence-electron chi connectivity index (χ0n) is 19.2. The maximum atomic E-state index is 13.8. The van der Waals surface area contributed by atoms with Crippen LogP contribution in [0, 0.1) is 11.8 Å². The van der Waals surface area contributed by atoms with Gasteiger partial charge in [-0.2, -0.15) is 0 Å². The van der Waals surface area contributed by atoms with Crippen molar-refractivity contribution in [3.05, 3.63) is 60.2 Å². The number of amides is 3. The Morgan fingerprint density at radius 1 is 0.939 bits per heavy atom. The van der Waals surface area contributed by atoms with E-state index in [1.807, 2.05) is 61.5 Å². The average molecular weight is 446 g/mol. The summed E-state index contributed by atoms with van der Waals surface area (Å²) in [6, 6.07) is 17.2. The number of nitrogens with one attached hydrogen (secondary N) is 1. The van der Waals surface area contributed by atoms with E-state index in [1.54, 1.807) is 11.8 Å². The van der Waals surface area contributed by atoms with Crippen LogP contribution in [-0.2, 0) is 14.4 Å². The predicted octanol–water partition coefficient (Wildman–Crippen LogP) is 4.53. The Bertz CT molecular complexity index is 1050. The van der Waals surface area contributed by atoms with Crippen molar-refractivity contribution in [2.75, 3.05) is 10.2 Å². The van der Waals surface area contributed by atoms with Gasteiger partial charge in [0.1, 0.15) is 6.04 Å². The smallest absolute Gasteiger partial charge is 0.250 e. The second-order valence-electron chi connectivity index (χ2n) is 9.63. The number of likely N-dealkylation sites (tertiary alicyclic amines) is 1. The van der Waals surface area contributed by atoms with Gasteiger partial charge >= 0.3 is 0 Å². The lowest BCUT2D eigenvalue weighted by atomic mass is 9.81. The molecule has 0 spiro atoms. The highest BCUT2D eigenvalue weighted by Gasteiger charge is 2.51. The minimum absolute atomic E-state index is 0.0656. The third-order valence-corrected chi connectivity index (χ3v) is 7.56. The van der Waals surface area contributed by atoms with Gasteiger partial charge in [0, 0.05) is 17.4 Å². The zero-order valence-corrected chi connectivity index (χ0v) is 19.2. The molecule has 2 aliphatic heterocycles. The molecular weight excluding hydrogens is 414 g/mol. The molecule has 0 bridgehead atoms. The van der Waals surface area contributed by atoms with E-state index in [9.17, 15) is 14.4 Å². The van der Waals surface area contributed by atoms with Gasteiger partial charge in [-0.05, 0) is 56.9 Å². The Kier molecular flexibility index (Phi) is 5.69. The van der Waals surface area contributed by atoms with E-state index in [4.69, 9.17) is 0 Å². The Hall–Kier alpha value is -3.15. The highest BCUT2D eigenvalue weighted by Crippen LogP contribution is 2.42. The van der Waals surface area contributed by atoms with E-state index < -0.39 is 6.04 Å². The first-order chi connectivity index (χ1) is 16.0. The second kappa shape index (κ2) is 8.65. The number of carbonyl (C=O) groups excluding carboxylic acids is 3. The Morgan fingerprint density at radius 3 is 2.21 bits per heavy atom. The van der Waals surface area contributed by atoms with Crippen LogP contribution in [0.25, 0.3) is 0 Å². The summed E-state index contributed by atoms with van der Waals surface area (Å²) in [6.07, 6.45) is 4.19. The highest BCUT2D eigenvalue weighted by atomic mass is 16.2. The molecule has 1 N–H and O–H groups in total. The minimum Gasteiger partial charge on any atom is -0.378 e. The summed E-state index contributed by atoms with van der Waals surface area (Å²) < 4.78 is 0. The van der Waals surface area contributed by atoms with Crippen LogP contribution in [0.3, 0.4) is 0 Å². The van der Waals surface area contributed by atoms with Crippen molar-refractivity contribution in [1.29, 1.82) is 0 Å². The number of anilines is 2. The van der Waals surface area contributed by atoms with Crippen molar-refractivity contribution in [2.45, 2.75) is 64.1 Å². The lowest BCUT2D eigenvalue weighted by molar-refractivity contribution is -0.146. The average Bonchev–Trinajstić information content (AvgIpc) is 3.09. The number of imide groups is 1. The van der Waals surface area contributed by atoms with Gasteiger partial charge in [-0.15, -0.1) is 0 Å². The molecule has 2 fully saturated rings. The van der Waals surface area contributed by atoms with E-state index in [-0.39, 0.29) is 41.6 Å². The van der Waals surface area contributed by atoms with Crippen molar-refractivity contribution in [3.8, 4) is 0 Å². The van der Waals surface area contributed by atoms with Crippen LogP contribution < -0.4 is 10.2 Å². The molecule has 5 atom stereocenters. The van der Waals surface area contributed by atoms with E-state index in [0.717, 1.165) is 49.0 Å². The summed E-state index contributed by atoms with van der Waals surface area (Å²) in [5.74, 6) is -0.994. The fraction of sp³-hybridized carbons (Fsp3) is 0.444. The summed E-state index contributed by atoms with van der Waals surface area (Å²) in [5.41, 5.74) is 2.93. The van der Waals surface area contributed by atoms with Gasteiger partial charge in [0.05, 0.1) is 17.9 Å². The summed E-state index contributed by atoms with van der Waals surface area (Å²) in [7, 11) is 0. The number of fused-ring (bicyclic) bond motifs is 2. The number of benzene rings is 2. The molecule has 0 aromatic heterocycles. The third-order valence-electron chi connectivity index (χ3n) is 7.56. The maximum absolute atomic E-state index is 13.8. The number of hydrogen-bond donors (Lipinski definition) is 1. The fourth-order valence-electron chi connectivity index (χ4n) is 5.90. The molecule has 172 valence electrons.